The number of nitriles is 1. The third-order valence-corrected chi connectivity index (χ3v) is 8.49. The van der Waals surface area contributed by atoms with Gasteiger partial charge in [0.05, 0.1) is 46.8 Å². The van der Waals surface area contributed by atoms with Gasteiger partial charge in [0.25, 0.3) is 0 Å². The van der Waals surface area contributed by atoms with Crippen LogP contribution in [0.5, 0.6) is 0 Å². The van der Waals surface area contributed by atoms with Gasteiger partial charge >= 0.3 is 6.18 Å². The summed E-state index contributed by atoms with van der Waals surface area (Å²) in [5, 5.41) is 9.21. The Labute approximate surface area is 242 Å². The molecule has 2 aromatic carbocycles. The largest absolute Gasteiger partial charge is 0.419 e. The van der Waals surface area contributed by atoms with Gasteiger partial charge in [-0.1, -0.05) is 38.6 Å². The Balaban J connectivity index is 0.00000484. The highest BCUT2D eigenvalue weighted by Gasteiger charge is 2.35. The number of rotatable bonds is 9. The second-order valence-corrected chi connectivity index (χ2v) is 11.9. The van der Waals surface area contributed by atoms with Crippen LogP contribution in [0.25, 0.3) is 16.9 Å². The number of carbonyl (C=O) groups excluding carboxylic acids is 1. The van der Waals surface area contributed by atoms with Crippen molar-refractivity contribution < 1.29 is 30.8 Å². The Morgan fingerprint density at radius 1 is 1.12 bits per heavy atom. The molecule has 0 unspecified atom stereocenters. The molecule has 1 amide bonds. The standard InChI is InChI=1S/C29H26F4N4O3S.CH4/c1-3-41(39,40)15-14-36(26(38)17-21-9-12-24(30)23(16-21)29(31,32)33)19(2)27-28(22-10-7-20(18-34)8-11-22)37-13-5-4-6-25(37)35-27;/h4-13,16,19H,3,14-15,17H2,1-2H3;1H4/t19-;/m1./s1. The Morgan fingerprint density at radius 2 is 1.81 bits per heavy atom. The predicted molar refractivity (Wildman–Crippen MR) is 152 cm³/mol. The van der Waals surface area contributed by atoms with Crippen LogP contribution in [0, 0.1) is 17.1 Å². The van der Waals surface area contributed by atoms with Crippen molar-refractivity contribution in [2.75, 3.05) is 18.1 Å². The van der Waals surface area contributed by atoms with Crippen LogP contribution in [0.3, 0.4) is 0 Å². The second kappa shape index (κ2) is 12.7. The van der Waals surface area contributed by atoms with Crippen LogP contribution >= 0.6 is 0 Å². The minimum atomic E-state index is -4.95. The van der Waals surface area contributed by atoms with Gasteiger partial charge < -0.3 is 4.90 Å². The zero-order chi connectivity index (χ0) is 29.9. The number of hydrogen-bond donors (Lipinski definition) is 0. The monoisotopic (exact) mass is 602 g/mol. The molecule has 0 N–H and O–H groups in total. The molecule has 0 saturated heterocycles. The molecule has 2 heterocycles. The average molecular weight is 603 g/mol. The van der Waals surface area contributed by atoms with Crippen LogP contribution in [-0.4, -0.2) is 46.7 Å². The molecule has 4 rings (SSSR count). The molecule has 0 aliphatic carbocycles. The molecule has 0 radical (unpaired) electrons. The van der Waals surface area contributed by atoms with Gasteiger partial charge in [0.1, 0.15) is 11.5 Å². The zero-order valence-electron chi connectivity index (χ0n) is 22.2. The number of halogens is 4. The van der Waals surface area contributed by atoms with Crippen molar-refractivity contribution in [3.63, 3.8) is 0 Å². The number of amides is 1. The molecule has 7 nitrogen and oxygen atoms in total. The Morgan fingerprint density at radius 3 is 2.43 bits per heavy atom. The Hall–Kier alpha value is -4.24. The summed E-state index contributed by atoms with van der Waals surface area (Å²) in [6.07, 6.45) is -3.69. The number of sulfone groups is 1. The van der Waals surface area contributed by atoms with Crippen LogP contribution < -0.4 is 0 Å². The summed E-state index contributed by atoms with van der Waals surface area (Å²) in [4.78, 5) is 19.6. The van der Waals surface area contributed by atoms with Gasteiger partial charge in [-0.15, -0.1) is 0 Å². The number of alkyl halides is 3. The number of pyridine rings is 1. The summed E-state index contributed by atoms with van der Waals surface area (Å²) in [6.45, 7) is 2.91. The van der Waals surface area contributed by atoms with Gasteiger partial charge in [0, 0.05) is 24.1 Å². The fourth-order valence-electron chi connectivity index (χ4n) is 4.53. The number of imidazole rings is 1. The topological polar surface area (TPSA) is 95.5 Å². The number of nitrogens with zero attached hydrogens (tertiary/aromatic N) is 4. The minimum Gasteiger partial charge on any atom is -0.333 e. The number of aromatic nitrogens is 2. The maximum atomic E-state index is 13.8. The second-order valence-electron chi connectivity index (χ2n) is 9.45. The Bertz CT molecular complexity index is 1730. The first kappa shape index (κ1) is 32.3. The van der Waals surface area contributed by atoms with E-state index in [2.05, 4.69) is 6.07 Å². The lowest BCUT2D eigenvalue weighted by atomic mass is 10.0. The van der Waals surface area contributed by atoms with Gasteiger partial charge in [-0.2, -0.15) is 18.4 Å². The van der Waals surface area contributed by atoms with Gasteiger partial charge in [0.2, 0.25) is 5.91 Å². The van der Waals surface area contributed by atoms with Crippen molar-refractivity contribution in [3.05, 3.63) is 95.1 Å². The first-order chi connectivity index (χ1) is 19.3. The Kier molecular flexibility index (Phi) is 9.79. The van der Waals surface area contributed by atoms with E-state index in [1.165, 1.54) is 11.8 Å². The normalized spacial score (nSPS) is 12.4. The summed E-state index contributed by atoms with van der Waals surface area (Å²) in [5.74, 6) is -2.62. The molecule has 0 spiro atoms. The van der Waals surface area contributed by atoms with E-state index in [-0.39, 0.29) is 31.0 Å². The van der Waals surface area contributed by atoms with E-state index in [1.54, 1.807) is 60.0 Å². The van der Waals surface area contributed by atoms with E-state index in [0.717, 1.165) is 6.07 Å². The molecule has 4 aromatic rings. The van der Waals surface area contributed by atoms with Crippen molar-refractivity contribution in [2.24, 2.45) is 0 Å². The van der Waals surface area contributed by atoms with Crippen molar-refractivity contribution in [1.29, 1.82) is 5.26 Å². The summed E-state index contributed by atoms with van der Waals surface area (Å²) < 4.78 is 80.3. The van der Waals surface area contributed by atoms with E-state index >= 15 is 0 Å². The fourth-order valence-corrected chi connectivity index (χ4v) is 5.30. The number of fused-ring (bicyclic) bond motifs is 1. The zero-order valence-corrected chi connectivity index (χ0v) is 23.0. The minimum absolute atomic E-state index is 0. The number of benzene rings is 2. The lowest BCUT2D eigenvalue weighted by Crippen LogP contribution is -2.38. The van der Waals surface area contributed by atoms with Gasteiger partial charge in [0.15, 0.2) is 9.84 Å². The summed E-state index contributed by atoms with van der Waals surface area (Å²) in [7, 11) is -3.51. The van der Waals surface area contributed by atoms with E-state index < -0.39 is 45.8 Å². The molecule has 42 heavy (non-hydrogen) atoms. The first-order valence-corrected chi connectivity index (χ1v) is 14.5. The van der Waals surface area contributed by atoms with E-state index in [1.807, 2.05) is 0 Å². The van der Waals surface area contributed by atoms with E-state index in [4.69, 9.17) is 4.98 Å². The van der Waals surface area contributed by atoms with Crippen molar-refractivity contribution in [2.45, 2.75) is 39.9 Å². The third-order valence-electron chi connectivity index (χ3n) is 6.80. The average Bonchev–Trinajstić information content (AvgIpc) is 3.33. The molecule has 12 heteroatoms. The van der Waals surface area contributed by atoms with Crippen LogP contribution in [0.4, 0.5) is 17.6 Å². The fraction of sp³-hybridized carbons (Fsp3) is 0.300. The highest BCUT2D eigenvalue weighted by molar-refractivity contribution is 7.91. The highest BCUT2D eigenvalue weighted by Crippen LogP contribution is 2.34. The van der Waals surface area contributed by atoms with Crippen LogP contribution in [0.1, 0.15) is 49.7 Å². The van der Waals surface area contributed by atoms with E-state index in [0.29, 0.717) is 40.3 Å². The summed E-state index contributed by atoms with van der Waals surface area (Å²) in [6, 6.07) is 15.7. The molecule has 2 aromatic heterocycles. The molecular weight excluding hydrogens is 572 g/mol. The van der Waals surface area contributed by atoms with Crippen LogP contribution in [0.2, 0.25) is 0 Å². The van der Waals surface area contributed by atoms with Crippen LogP contribution in [-0.2, 0) is 27.2 Å². The lowest BCUT2D eigenvalue weighted by molar-refractivity contribution is -0.140. The molecule has 1 atom stereocenters. The number of hydrogen-bond acceptors (Lipinski definition) is 5. The molecule has 0 aliphatic rings. The lowest BCUT2D eigenvalue weighted by Gasteiger charge is -2.29. The van der Waals surface area contributed by atoms with Crippen molar-refractivity contribution in [1.82, 2.24) is 14.3 Å². The third kappa shape index (κ3) is 6.97. The number of carbonyl (C=O) groups is 1. The molecule has 0 bridgehead atoms. The maximum absolute atomic E-state index is 13.8. The van der Waals surface area contributed by atoms with Gasteiger partial charge in [-0.3, -0.25) is 9.20 Å². The molecule has 0 aliphatic heterocycles. The predicted octanol–water partition coefficient (Wildman–Crippen LogP) is 6.23. The van der Waals surface area contributed by atoms with Gasteiger partial charge in [-0.25, -0.2) is 17.8 Å². The smallest absolute Gasteiger partial charge is 0.333 e. The van der Waals surface area contributed by atoms with Gasteiger partial charge in [-0.05, 0) is 48.9 Å². The summed E-state index contributed by atoms with van der Waals surface area (Å²) >= 11 is 0. The molecular formula is C30H30F4N4O3S. The van der Waals surface area contributed by atoms with E-state index in [9.17, 15) is 36.0 Å². The maximum Gasteiger partial charge on any atom is 0.419 e. The van der Waals surface area contributed by atoms with Crippen molar-refractivity contribution in [3.8, 4) is 17.3 Å². The summed E-state index contributed by atoms with van der Waals surface area (Å²) in [5.41, 5.74) is 1.16. The highest BCUT2D eigenvalue weighted by atomic mass is 32.2. The van der Waals surface area contributed by atoms with Crippen LogP contribution in [0.15, 0.2) is 66.9 Å². The SMILES string of the molecule is C.CCS(=O)(=O)CCN(C(=O)Cc1ccc(F)c(C(F)(F)F)c1)[C@H](C)c1nc2ccccn2c1-c1ccc(C#N)cc1. The first-order valence-electron chi connectivity index (χ1n) is 12.7. The molecule has 222 valence electrons. The quantitative estimate of drug-likeness (QED) is 0.212. The molecule has 0 saturated carbocycles. The van der Waals surface area contributed by atoms with Crippen molar-refractivity contribution >= 4 is 21.4 Å². The molecule has 0 fully saturated rings.